The molecule has 0 bridgehead atoms. The number of amides is 2. The lowest BCUT2D eigenvalue weighted by atomic mass is 9.98. The summed E-state index contributed by atoms with van der Waals surface area (Å²) < 4.78 is 18.3. The summed E-state index contributed by atoms with van der Waals surface area (Å²) in [5.74, 6) is -3.05. The third-order valence-electron chi connectivity index (χ3n) is 4.05. The SMILES string of the molecule is COc1ccccc1CC(CNC(=O)CNC(=O)c1cccc(F)c1)C(=O)O. The van der Waals surface area contributed by atoms with E-state index in [1.807, 2.05) is 0 Å². The maximum atomic E-state index is 13.1. The number of carboxylic acid groups (broad SMARTS) is 1. The number of hydrogen-bond donors (Lipinski definition) is 3. The van der Waals surface area contributed by atoms with Gasteiger partial charge in [0.1, 0.15) is 11.6 Å². The number of nitrogens with one attached hydrogen (secondary N) is 2. The monoisotopic (exact) mass is 388 g/mol. The molecule has 2 aromatic carbocycles. The molecule has 0 saturated carbocycles. The lowest BCUT2D eigenvalue weighted by Crippen LogP contribution is -2.40. The lowest BCUT2D eigenvalue weighted by molar-refractivity contribution is -0.141. The molecule has 2 aromatic rings. The van der Waals surface area contributed by atoms with Crippen LogP contribution < -0.4 is 15.4 Å². The molecule has 28 heavy (non-hydrogen) atoms. The first-order valence-corrected chi connectivity index (χ1v) is 8.56. The fourth-order valence-electron chi connectivity index (χ4n) is 2.58. The Morgan fingerprint density at radius 3 is 2.54 bits per heavy atom. The van der Waals surface area contributed by atoms with Crippen LogP contribution in [0.3, 0.4) is 0 Å². The number of carbonyl (C=O) groups excluding carboxylic acids is 2. The summed E-state index contributed by atoms with van der Waals surface area (Å²) >= 11 is 0. The van der Waals surface area contributed by atoms with E-state index in [9.17, 15) is 23.9 Å². The highest BCUT2D eigenvalue weighted by atomic mass is 19.1. The van der Waals surface area contributed by atoms with Crippen molar-refractivity contribution >= 4 is 17.8 Å². The van der Waals surface area contributed by atoms with Crippen LogP contribution in [-0.2, 0) is 16.0 Å². The first kappa shape index (κ1) is 20.9. The molecule has 0 aliphatic heterocycles. The molecule has 8 heteroatoms. The van der Waals surface area contributed by atoms with Crippen LogP contribution in [0.15, 0.2) is 48.5 Å². The molecule has 3 N–H and O–H groups in total. The highest BCUT2D eigenvalue weighted by Gasteiger charge is 2.21. The van der Waals surface area contributed by atoms with Crippen LogP contribution in [0.5, 0.6) is 5.75 Å². The van der Waals surface area contributed by atoms with Crippen LogP contribution in [0.25, 0.3) is 0 Å². The fraction of sp³-hybridized carbons (Fsp3) is 0.250. The van der Waals surface area contributed by atoms with Crippen molar-refractivity contribution in [1.82, 2.24) is 10.6 Å². The normalized spacial score (nSPS) is 11.4. The minimum atomic E-state index is -1.06. The van der Waals surface area contributed by atoms with Crippen molar-refractivity contribution < 1.29 is 28.6 Å². The Morgan fingerprint density at radius 2 is 1.86 bits per heavy atom. The predicted octanol–water partition coefficient (Wildman–Crippen LogP) is 1.62. The molecule has 0 heterocycles. The topological polar surface area (TPSA) is 105 Å². The van der Waals surface area contributed by atoms with E-state index in [1.54, 1.807) is 24.3 Å². The smallest absolute Gasteiger partial charge is 0.308 e. The van der Waals surface area contributed by atoms with E-state index in [-0.39, 0.29) is 25.1 Å². The molecular weight excluding hydrogens is 367 g/mol. The van der Waals surface area contributed by atoms with E-state index in [2.05, 4.69) is 10.6 Å². The van der Waals surface area contributed by atoms with Gasteiger partial charge < -0.3 is 20.5 Å². The van der Waals surface area contributed by atoms with Gasteiger partial charge in [-0.25, -0.2) is 4.39 Å². The zero-order valence-electron chi connectivity index (χ0n) is 15.3. The molecule has 0 aliphatic carbocycles. The Hall–Kier alpha value is -3.42. The highest BCUT2D eigenvalue weighted by Crippen LogP contribution is 2.21. The van der Waals surface area contributed by atoms with Gasteiger partial charge in [-0.2, -0.15) is 0 Å². The van der Waals surface area contributed by atoms with Crippen molar-refractivity contribution in [2.45, 2.75) is 6.42 Å². The van der Waals surface area contributed by atoms with Crippen LogP contribution in [0.1, 0.15) is 15.9 Å². The zero-order valence-corrected chi connectivity index (χ0v) is 15.3. The number of ether oxygens (including phenoxy) is 1. The number of carbonyl (C=O) groups is 3. The van der Waals surface area contributed by atoms with Crippen LogP contribution in [0.4, 0.5) is 4.39 Å². The lowest BCUT2D eigenvalue weighted by Gasteiger charge is -2.15. The molecule has 1 atom stereocenters. The standard InChI is InChI=1S/C20H21FN2O5/c1-28-17-8-3-2-5-13(17)9-15(20(26)27)11-22-18(24)12-23-19(25)14-6-4-7-16(21)10-14/h2-8,10,15H,9,11-12H2,1H3,(H,22,24)(H,23,25)(H,26,27). The van der Waals surface area contributed by atoms with Gasteiger partial charge >= 0.3 is 5.97 Å². The maximum Gasteiger partial charge on any atom is 0.308 e. The van der Waals surface area contributed by atoms with E-state index in [1.165, 1.54) is 25.3 Å². The average Bonchev–Trinajstić information content (AvgIpc) is 2.69. The summed E-state index contributed by atoms with van der Waals surface area (Å²) in [6, 6.07) is 12.1. The molecule has 7 nitrogen and oxygen atoms in total. The van der Waals surface area contributed by atoms with Gasteiger partial charge in [0.15, 0.2) is 0 Å². The van der Waals surface area contributed by atoms with E-state index in [0.29, 0.717) is 11.3 Å². The molecule has 0 saturated heterocycles. The maximum absolute atomic E-state index is 13.1. The van der Waals surface area contributed by atoms with Crippen molar-refractivity contribution in [3.8, 4) is 5.75 Å². The second-order valence-corrected chi connectivity index (χ2v) is 6.05. The van der Waals surface area contributed by atoms with Crippen LogP contribution in [0.2, 0.25) is 0 Å². The number of carboxylic acids is 1. The van der Waals surface area contributed by atoms with Crippen molar-refractivity contribution in [1.29, 1.82) is 0 Å². The highest BCUT2D eigenvalue weighted by molar-refractivity contribution is 5.96. The molecule has 0 radical (unpaired) electrons. The number of para-hydroxylation sites is 1. The number of methoxy groups -OCH3 is 1. The van der Waals surface area contributed by atoms with Crippen molar-refractivity contribution in [3.63, 3.8) is 0 Å². The quantitative estimate of drug-likeness (QED) is 0.606. The first-order chi connectivity index (χ1) is 13.4. The van der Waals surface area contributed by atoms with Gasteiger partial charge in [-0.1, -0.05) is 24.3 Å². The van der Waals surface area contributed by atoms with Crippen molar-refractivity contribution in [2.24, 2.45) is 5.92 Å². The molecule has 0 fully saturated rings. The summed E-state index contributed by atoms with van der Waals surface area (Å²) in [5, 5.41) is 14.3. The predicted molar refractivity (Wildman–Crippen MR) is 99.6 cm³/mol. The summed E-state index contributed by atoms with van der Waals surface area (Å²) in [5.41, 5.74) is 0.804. The Morgan fingerprint density at radius 1 is 1.11 bits per heavy atom. The van der Waals surface area contributed by atoms with Gasteiger partial charge in [-0.3, -0.25) is 14.4 Å². The van der Waals surface area contributed by atoms with Crippen molar-refractivity contribution in [3.05, 3.63) is 65.5 Å². The summed E-state index contributed by atoms with van der Waals surface area (Å²) in [7, 11) is 1.50. The average molecular weight is 388 g/mol. The summed E-state index contributed by atoms with van der Waals surface area (Å²) in [4.78, 5) is 35.3. The fourth-order valence-corrected chi connectivity index (χ4v) is 2.58. The number of rotatable bonds is 9. The van der Waals surface area contributed by atoms with Gasteiger partial charge in [0.05, 0.1) is 19.6 Å². The number of halogens is 1. The second-order valence-electron chi connectivity index (χ2n) is 6.05. The molecule has 2 rings (SSSR count). The van der Waals surface area contributed by atoms with E-state index >= 15 is 0 Å². The van der Waals surface area contributed by atoms with Gasteiger partial charge in [0.2, 0.25) is 5.91 Å². The number of aliphatic carboxylic acids is 1. The number of hydrogen-bond acceptors (Lipinski definition) is 4. The van der Waals surface area contributed by atoms with Gasteiger partial charge in [0.25, 0.3) is 5.91 Å². The molecule has 0 spiro atoms. The Bertz CT molecular complexity index is 856. The summed E-state index contributed by atoms with van der Waals surface area (Å²) in [6.07, 6.45) is 0.176. The van der Waals surface area contributed by atoms with Gasteiger partial charge in [0, 0.05) is 12.1 Å². The largest absolute Gasteiger partial charge is 0.496 e. The summed E-state index contributed by atoms with van der Waals surface area (Å²) in [6.45, 7) is -0.460. The Balaban J connectivity index is 1.86. The van der Waals surface area contributed by atoms with E-state index < -0.39 is 29.5 Å². The molecule has 0 aliphatic rings. The molecule has 2 amide bonds. The first-order valence-electron chi connectivity index (χ1n) is 8.56. The van der Waals surface area contributed by atoms with E-state index in [0.717, 1.165) is 6.07 Å². The second kappa shape index (κ2) is 10.1. The minimum absolute atomic E-state index is 0.0902. The number of benzene rings is 2. The zero-order chi connectivity index (χ0) is 20.5. The van der Waals surface area contributed by atoms with Gasteiger partial charge in [-0.05, 0) is 36.2 Å². The van der Waals surface area contributed by atoms with Crippen LogP contribution >= 0.6 is 0 Å². The Kier molecular flexibility index (Phi) is 7.50. The third-order valence-corrected chi connectivity index (χ3v) is 4.05. The van der Waals surface area contributed by atoms with E-state index in [4.69, 9.17) is 4.74 Å². The Labute approximate surface area is 161 Å². The minimum Gasteiger partial charge on any atom is -0.496 e. The molecule has 0 aromatic heterocycles. The van der Waals surface area contributed by atoms with Crippen molar-refractivity contribution in [2.75, 3.05) is 20.2 Å². The third kappa shape index (κ3) is 6.08. The van der Waals surface area contributed by atoms with Gasteiger partial charge in [-0.15, -0.1) is 0 Å². The van der Waals surface area contributed by atoms with Crippen LogP contribution in [0, 0.1) is 11.7 Å². The molecule has 148 valence electrons. The molecular formula is C20H21FN2O5. The molecule has 1 unspecified atom stereocenters. The van der Waals surface area contributed by atoms with Crippen LogP contribution in [-0.4, -0.2) is 43.1 Å².